The number of carbonyl (C=O) groups is 4. The Labute approximate surface area is 156 Å². The van der Waals surface area contributed by atoms with Gasteiger partial charge >= 0.3 is 11.9 Å². The largest absolute Gasteiger partial charge is 0.464 e. The van der Waals surface area contributed by atoms with Crippen molar-refractivity contribution in [2.45, 2.75) is 27.1 Å². The monoisotopic (exact) mass is 373 g/mol. The van der Waals surface area contributed by atoms with E-state index in [9.17, 15) is 19.2 Å². The van der Waals surface area contributed by atoms with Gasteiger partial charge in [0.15, 0.2) is 5.70 Å². The summed E-state index contributed by atoms with van der Waals surface area (Å²) in [5.74, 6) is -2.84. The van der Waals surface area contributed by atoms with Crippen LogP contribution in [-0.4, -0.2) is 42.1 Å². The number of nitrogens with zero attached hydrogens (tertiary/aromatic N) is 1. The van der Waals surface area contributed by atoms with E-state index in [1.807, 2.05) is 13.8 Å². The molecule has 1 aromatic carbocycles. The van der Waals surface area contributed by atoms with E-state index in [1.54, 1.807) is 19.1 Å². The van der Waals surface area contributed by atoms with Crippen molar-refractivity contribution in [1.29, 1.82) is 0 Å². The fraction of sp³-hybridized carbons (Fsp3) is 0.263. The number of methoxy groups -OCH3 is 1. The number of hydrogen-bond acceptors (Lipinski definition) is 7. The number of amides is 2. The van der Waals surface area contributed by atoms with E-state index in [0.29, 0.717) is 10.5 Å². The molecule has 0 fully saturated rings. The first kappa shape index (κ1) is 19.9. The molecule has 142 valence electrons. The van der Waals surface area contributed by atoms with Gasteiger partial charge in [-0.15, -0.1) is 0 Å². The minimum atomic E-state index is -1.05. The summed E-state index contributed by atoms with van der Waals surface area (Å²) >= 11 is 0. The van der Waals surface area contributed by atoms with Gasteiger partial charge in [-0.2, -0.15) is 0 Å². The van der Waals surface area contributed by atoms with Crippen LogP contribution in [0.3, 0.4) is 0 Å². The third kappa shape index (κ3) is 3.74. The lowest BCUT2D eigenvalue weighted by atomic mass is 10.1. The SMILES string of the molecule is CC.COC(=O)/C(=C/OC1C=C(C)C(=O)O1)N1C(=O)c2ccccc2C1=O. The van der Waals surface area contributed by atoms with Crippen LogP contribution in [0, 0.1) is 0 Å². The van der Waals surface area contributed by atoms with Gasteiger partial charge in [-0.05, 0) is 19.1 Å². The summed E-state index contributed by atoms with van der Waals surface area (Å²) in [5, 5.41) is 0. The molecule has 8 nitrogen and oxygen atoms in total. The van der Waals surface area contributed by atoms with Gasteiger partial charge in [0.1, 0.15) is 6.26 Å². The average Bonchev–Trinajstić information content (AvgIpc) is 3.14. The first-order chi connectivity index (χ1) is 12.9. The zero-order valence-electron chi connectivity index (χ0n) is 15.3. The van der Waals surface area contributed by atoms with Gasteiger partial charge in [0.25, 0.3) is 18.1 Å². The molecule has 0 saturated heterocycles. The Kier molecular flexibility index (Phi) is 6.12. The fourth-order valence-electron chi connectivity index (χ4n) is 2.41. The number of fused-ring (bicyclic) bond motifs is 1. The van der Waals surface area contributed by atoms with Gasteiger partial charge < -0.3 is 14.2 Å². The molecule has 3 rings (SSSR count). The number of hydrogen-bond donors (Lipinski definition) is 0. The summed E-state index contributed by atoms with van der Waals surface area (Å²) in [7, 11) is 1.11. The van der Waals surface area contributed by atoms with Crippen molar-refractivity contribution in [3.8, 4) is 0 Å². The molecule has 2 heterocycles. The average molecular weight is 373 g/mol. The highest BCUT2D eigenvalue weighted by Gasteiger charge is 2.40. The first-order valence-electron chi connectivity index (χ1n) is 8.25. The number of cyclic esters (lactones) is 1. The third-order valence-corrected chi connectivity index (χ3v) is 3.67. The molecule has 1 atom stereocenters. The zero-order valence-corrected chi connectivity index (χ0v) is 15.3. The van der Waals surface area contributed by atoms with Gasteiger partial charge in [0, 0.05) is 11.6 Å². The lowest BCUT2D eigenvalue weighted by Gasteiger charge is -2.16. The highest BCUT2D eigenvalue weighted by Crippen LogP contribution is 2.27. The number of esters is 2. The molecule has 2 aliphatic heterocycles. The van der Waals surface area contributed by atoms with Crippen molar-refractivity contribution in [3.63, 3.8) is 0 Å². The molecule has 0 spiro atoms. The molecule has 0 saturated carbocycles. The molecule has 1 unspecified atom stereocenters. The van der Waals surface area contributed by atoms with Crippen molar-refractivity contribution in [3.05, 3.63) is 59.0 Å². The molecule has 2 aliphatic rings. The molecule has 0 aromatic heterocycles. The van der Waals surface area contributed by atoms with Gasteiger partial charge in [-0.3, -0.25) is 9.59 Å². The summed E-state index contributed by atoms with van der Waals surface area (Å²) in [4.78, 5) is 49.0. The van der Waals surface area contributed by atoms with Gasteiger partial charge in [-0.25, -0.2) is 14.5 Å². The minimum absolute atomic E-state index is 0.172. The maximum atomic E-state index is 12.5. The zero-order chi connectivity index (χ0) is 20.1. The Morgan fingerprint density at radius 1 is 1.11 bits per heavy atom. The molecule has 8 heteroatoms. The standard InChI is InChI=1S/C17H13NO7.C2H6/c1-9-7-13(25-16(9)21)24-8-12(17(22)23-2)18-14(19)10-5-3-4-6-11(10)15(18)20;1-2/h3-8,13H,1-2H3;1-2H3/b12-8-;. The minimum Gasteiger partial charge on any atom is -0.464 e. The number of ether oxygens (including phenoxy) is 3. The Morgan fingerprint density at radius 2 is 1.67 bits per heavy atom. The van der Waals surface area contributed by atoms with E-state index in [4.69, 9.17) is 9.47 Å². The van der Waals surface area contributed by atoms with Crippen LogP contribution in [0.15, 0.2) is 47.9 Å². The van der Waals surface area contributed by atoms with Crippen LogP contribution in [0.1, 0.15) is 41.5 Å². The topological polar surface area (TPSA) is 99.2 Å². The van der Waals surface area contributed by atoms with Gasteiger partial charge in [0.2, 0.25) is 0 Å². The van der Waals surface area contributed by atoms with Crippen molar-refractivity contribution in [1.82, 2.24) is 4.90 Å². The van der Waals surface area contributed by atoms with Gasteiger partial charge in [-0.1, -0.05) is 26.0 Å². The van der Waals surface area contributed by atoms with Crippen molar-refractivity contribution in [2.24, 2.45) is 0 Å². The highest BCUT2D eigenvalue weighted by atomic mass is 16.7. The number of rotatable bonds is 4. The molecule has 1 aromatic rings. The summed E-state index contributed by atoms with van der Waals surface area (Å²) in [5.41, 5.74) is 0.275. The Bertz CT molecular complexity index is 818. The summed E-state index contributed by atoms with van der Waals surface area (Å²) in [6.45, 7) is 5.54. The van der Waals surface area contributed by atoms with Crippen LogP contribution in [0.25, 0.3) is 0 Å². The molecule has 2 amide bonds. The molecule has 0 radical (unpaired) electrons. The number of carbonyl (C=O) groups excluding carboxylic acids is 4. The van der Waals surface area contributed by atoms with E-state index in [2.05, 4.69) is 4.74 Å². The van der Waals surface area contributed by atoms with E-state index >= 15 is 0 Å². The molecular formula is C19H19NO7. The molecule has 0 N–H and O–H groups in total. The summed E-state index contributed by atoms with van der Waals surface area (Å²) in [6.07, 6.45) is 1.22. The van der Waals surface area contributed by atoms with E-state index in [-0.39, 0.29) is 11.1 Å². The molecule has 0 bridgehead atoms. The normalized spacial score (nSPS) is 18.3. The lowest BCUT2D eigenvalue weighted by molar-refractivity contribution is -0.152. The quantitative estimate of drug-likeness (QED) is 0.345. The van der Waals surface area contributed by atoms with Crippen LogP contribution < -0.4 is 0 Å². The Hall–Kier alpha value is -3.42. The third-order valence-electron chi connectivity index (χ3n) is 3.67. The number of benzene rings is 1. The highest BCUT2D eigenvalue weighted by molar-refractivity contribution is 6.24. The van der Waals surface area contributed by atoms with Crippen LogP contribution in [-0.2, 0) is 23.8 Å². The molecule has 27 heavy (non-hydrogen) atoms. The van der Waals surface area contributed by atoms with Crippen molar-refractivity contribution < 1.29 is 33.4 Å². The van der Waals surface area contributed by atoms with Crippen LogP contribution in [0.5, 0.6) is 0 Å². The van der Waals surface area contributed by atoms with E-state index in [0.717, 1.165) is 13.4 Å². The van der Waals surface area contributed by atoms with Crippen LogP contribution in [0.4, 0.5) is 0 Å². The maximum absolute atomic E-state index is 12.5. The molecular weight excluding hydrogens is 354 g/mol. The lowest BCUT2D eigenvalue weighted by Crippen LogP contribution is -2.34. The van der Waals surface area contributed by atoms with Crippen molar-refractivity contribution >= 4 is 23.8 Å². The smallest absolute Gasteiger partial charge is 0.358 e. The Balaban J connectivity index is 0.00000126. The maximum Gasteiger partial charge on any atom is 0.358 e. The first-order valence-corrected chi connectivity index (χ1v) is 8.25. The predicted molar refractivity (Wildman–Crippen MR) is 93.1 cm³/mol. The number of imide groups is 1. The second-order valence-corrected chi connectivity index (χ2v) is 5.25. The van der Waals surface area contributed by atoms with Crippen LogP contribution in [0.2, 0.25) is 0 Å². The van der Waals surface area contributed by atoms with Gasteiger partial charge in [0.05, 0.1) is 18.2 Å². The van der Waals surface area contributed by atoms with E-state index in [1.165, 1.54) is 18.2 Å². The Morgan fingerprint density at radius 3 is 2.11 bits per heavy atom. The summed E-state index contributed by atoms with van der Waals surface area (Å²) in [6, 6.07) is 6.18. The molecule has 0 aliphatic carbocycles. The summed E-state index contributed by atoms with van der Waals surface area (Å²) < 4.78 is 14.7. The van der Waals surface area contributed by atoms with Crippen LogP contribution >= 0.6 is 0 Å². The second kappa shape index (κ2) is 8.31. The van der Waals surface area contributed by atoms with Crippen molar-refractivity contribution in [2.75, 3.05) is 7.11 Å². The predicted octanol–water partition coefficient (Wildman–Crippen LogP) is 2.17. The fourth-order valence-corrected chi connectivity index (χ4v) is 2.41. The van der Waals surface area contributed by atoms with E-state index < -0.39 is 35.7 Å². The second-order valence-electron chi connectivity index (χ2n) is 5.25.